The van der Waals surface area contributed by atoms with Gasteiger partial charge in [-0.2, -0.15) is 0 Å². The van der Waals surface area contributed by atoms with Gasteiger partial charge in [-0.3, -0.25) is 0 Å². The van der Waals surface area contributed by atoms with E-state index < -0.39 is 6.10 Å². The normalized spacial score (nSPS) is 12.6. The van der Waals surface area contributed by atoms with Crippen molar-refractivity contribution in [1.82, 2.24) is 0 Å². The Hall–Kier alpha value is -1.22. The fourth-order valence-electron chi connectivity index (χ4n) is 0.994. The number of phenolic OH excluding ortho intramolecular Hbond substituents is 1. The van der Waals surface area contributed by atoms with Gasteiger partial charge in [-0.25, -0.2) is 0 Å². The maximum Gasteiger partial charge on any atom is 0.121 e. The van der Waals surface area contributed by atoms with Gasteiger partial charge in [-0.15, -0.1) is 0 Å². The predicted molar refractivity (Wildman–Crippen MR) is 45.3 cm³/mol. The third-order valence-corrected chi connectivity index (χ3v) is 1.68. The number of benzene rings is 1. The van der Waals surface area contributed by atoms with Crippen LogP contribution in [-0.2, 0) is 0 Å². The molecule has 0 aliphatic heterocycles. The van der Waals surface area contributed by atoms with Crippen LogP contribution in [0.3, 0.4) is 0 Å². The maximum absolute atomic E-state index is 9.29. The van der Waals surface area contributed by atoms with Crippen molar-refractivity contribution in [3.63, 3.8) is 0 Å². The van der Waals surface area contributed by atoms with Crippen LogP contribution < -0.4 is 4.74 Å². The third kappa shape index (κ3) is 1.68. The van der Waals surface area contributed by atoms with Gasteiger partial charge in [-0.1, -0.05) is 0 Å². The van der Waals surface area contributed by atoms with Crippen molar-refractivity contribution in [3.8, 4) is 11.5 Å². The summed E-state index contributed by atoms with van der Waals surface area (Å²) in [6, 6.07) is 4.75. The number of phenols is 1. The molecular formula is C9H12O3. The van der Waals surface area contributed by atoms with Gasteiger partial charge in [0.25, 0.3) is 0 Å². The van der Waals surface area contributed by atoms with Crippen molar-refractivity contribution < 1.29 is 14.9 Å². The number of hydrogen-bond acceptors (Lipinski definition) is 3. The second kappa shape index (κ2) is 3.45. The van der Waals surface area contributed by atoms with Crippen molar-refractivity contribution >= 4 is 0 Å². The summed E-state index contributed by atoms with van der Waals surface area (Å²) in [4.78, 5) is 0. The van der Waals surface area contributed by atoms with Crippen LogP contribution in [0.15, 0.2) is 18.2 Å². The Kier molecular flexibility index (Phi) is 2.55. The first-order valence-corrected chi connectivity index (χ1v) is 3.70. The van der Waals surface area contributed by atoms with Gasteiger partial charge in [0.2, 0.25) is 0 Å². The molecule has 0 spiro atoms. The summed E-state index contributed by atoms with van der Waals surface area (Å²) in [6.45, 7) is 1.59. The lowest BCUT2D eigenvalue weighted by atomic mass is 10.1. The summed E-state index contributed by atoms with van der Waals surface area (Å²) >= 11 is 0. The molecule has 1 rings (SSSR count). The topological polar surface area (TPSA) is 49.7 Å². The molecule has 66 valence electrons. The van der Waals surface area contributed by atoms with E-state index in [1.54, 1.807) is 19.1 Å². The lowest BCUT2D eigenvalue weighted by Gasteiger charge is -2.08. The van der Waals surface area contributed by atoms with Crippen molar-refractivity contribution in [3.05, 3.63) is 23.8 Å². The molecule has 1 unspecified atom stereocenters. The molecule has 3 nitrogen and oxygen atoms in total. The zero-order valence-electron chi connectivity index (χ0n) is 7.11. The average molecular weight is 168 g/mol. The molecule has 3 heteroatoms. The molecule has 1 aromatic carbocycles. The highest BCUT2D eigenvalue weighted by atomic mass is 16.5. The van der Waals surface area contributed by atoms with Crippen LogP contribution in [0.5, 0.6) is 11.5 Å². The zero-order valence-corrected chi connectivity index (χ0v) is 7.11. The van der Waals surface area contributed by atoms with Gasteiger partial charge in [0.05, 0.1) is 13.2 Å². The number of aliphatic hydroxyl groups excluding tert-OH is 1. The quantitative estimate of drug-likeness (QED) is 0.702. The van der Waals surface area contributed by atoms with Gasteiger partial charge in [0.15, 0.2) is 0 Å². The zero-order chi connectivity index (χ0) is 9.14. The summed E-state index contributed by atoms with van der Waals surface area (Å²) in [6.07, 6.45) is -0.680. The third-order valence-electron chi connectivity index (χ3n) is 1.68. The highest BCUT2D eigenvalue weighted by molar-refractivity contribution is 5.40. The molecule has 0 fully saturated rings. The smallest absolute Gasteiger partial charge is 0.121 e. The molecule has 12 heavy (non-hydrogen) atoms. The second-order valence-corrected chi connectivity index (χ2v) is 2.60. The first-order valence-electron chi connectivity index (χ1n) is 3.70. The molecular weight excluding hydrogens is 156 g/mol. The fourth-order valence-corrected chi connectivity index (χ4v) is 0.994. The van der Waals surface area contributed by atoms with Crippen LogP contribution in [0, 0.1) is 0 Å². The van der Waals surface area contributed by atoms with Crippen LogP contribution in [-0.4, -0.2) is 17.3 Å². The van der Waals surface area contributed by atoms with Gasteiger partial charge in [-0.05, 0) is 25.1 Å². The van der Waals surface area contributed by atoms with Crippen LogP contribution in [0.2, 0.25) is 0 Å². The van der Waals surface area contributed by atoms with Crippen LogP contribution in [0.25, 0.3) is 0 Å². The Labute approximate surface area is 71.2 Å². The Balaban J connectivity index is 3.08. The molecule has 0 aromatic heterocycles. The standard InChI is InChI=1S/C9H12O3/c1-6(10)8-5-7(12-2)3-4-9(8)11/h3-6,10-11H,1-2H3. The van der Waals surface area contributed by atoms with Crippen molar-refractivity contribution in [2.45, 2.75) is 13.0 Å². The molecule has 0 saturated heterocycles. The van der Waals surface area contributed by atoms with Gasteiger partial charge in [0.1, 0.15) is 11.5 Å². The van der Waals surface area contributed by atoms with E-state index in [9.17, 15) is 10.2 Å². The van der Waals surface area contributed by atoms with E-state index in [0.717, 1.165) is 0 Å². The Morgan fingerprint density at radius 1 is 1.42 bits per heavy atom. The van der Waals surface area contributed by atoms with Crippen LogP contribution >= 0.6 is 0 Å². The lowest BCUT2D eigenvalue weighted by molar-refractivity contribution is 0.194. The number of aliphatic hydroxyl groups is 1. The second-order valence-electron chi connectivity index (χ2n) is 2.60. The van der Waals surface area contributed by atoms with E-state index in [1.807, 2.05) is 0 Å². The average Bonchev–Trinajstić information content (AvgIpc) is 2.05. The Morgan fingerprint density at radius 2 is 2.08 bits per heavy atom. The molecule has 0 radical (unpaired) electrons. The number of hydrogen-bond donors (Lipinski definition) is 2. The molecule has 1 aromatic rings. The molecule has 0 heterocycles. The van der Waals surface area contributed by atoms with Gasteiger partial charge in [0, 0.05) is 5.56 Å². The Morgan fingerprint density at radius 3 is 2.58 bits per heavy atom. The number of aromatic hydroxyl groups is 1. The SMILES string of the molecule is COc1ccc(O)c(C(C)O)c1. The molecule has 0 aliphatic rings. The highest BCUT2D eigenvalue weighted by Crippen LogP contribution is 2.27. The van der Waals surface area contributed by atoms with E-state index in [2.05, 4.69) is 0 Å². The summed E-state index contributed by atoms with van der Waals surface area (Å²) in [7, 11) is 1.54. The van der Waals surface area contributed by atoms with Crippen molar-refractivity contribution in [2.75, 3.05) is 7.11 Å². The summed E-state index contributed by atoms with van der Waals surface area (Å²) in [5.41, 5.74) is 0.481. The molecule has 2 N–H and O–H groups in total. The minimum absolute atomic E-state index is 0.0887. The van der Waals surface area contributed by atoms with Crippen molar-refractivity contribution in [1.29, 1.82) is 0 Å². The molecule has 0 saturated carbocycles. The van der Waals surface area contributed by atoms with Crippen molar-refractivity contribution in [2.24, 2.45) is 0 Å². The van der Waals surface area contributed by atoms with E-state index in [-0.39, 0.29) is 5.75 Å². The summed E-state index contributed by atoms with van der Waals surface area (Å²) < 4.78 is 4.94. The largest absolute Gasteiger partial charge is 0.508 e. The first kappa shape index (κ1) is 8.87. The monoisotopic (exact) mass is 168 g/mol. The lowest BCUT2D eigenvalue weighted by Crippen LogP contribution is -1.92. The van der Waals surface area contributed by atoms with Crippen LogP contribution in [0.1, 0.15) is 18.6 Å². The highest BCUT2D eigenvalue weighted by Gasteiger charge is 2.07. The first-order chi connectivity index (χ1) is 5.65. The Bertz CT molecular complexity index is 268. The number of rotatable bonds is 2. The summed E-state index contributed by atoms with van der Waals surface area (Å²) in [5.74, 6) is 0.717. The van der Waals surface area contributed by atoms with E-state index in [4.69, 9.17) is 4.74 Å². The summed E-state index contributed by atoms with van der Waals surface area (Å²) in [5, 5.41) is 18.5. The van der Waals surface area contributed by atoms with Gasteiger partial charge < -0.3 is 14.9 Å². The number of methoxy groups -OCH3 is 1. The number of ether oxygens (including phenoxy) is 1. The molecule has 0 aliphatic carbocycles. The van der Waals surface area contributed by atoms with Gasteiger partial charge >= 0.3 is 0 Å². The van der Waals surface area contributed by atoms with E-state index in [0.29, 0.717) is 11.3 Å². The minimum atomic E-state index is -0.680. The molecule has 0 bridgehead atoms. The molecule has 0 amide bonds. The maximum atomic E-state index is 9.29. The molecule has 1 atom stereocenters. The predicted octanol–water partition coefficient (Wildman–Crippen LogP) is 1.45. The minimum Gasteiger partial charge on any atom is -0.508 e. The fraction of sp³-hybridized carbons (Fsp3) is 0.333. The van der Waals surface area contributed by atoms with E-state index >= 15 is 0 Å². The van der Waals surface area contributed by atoms with E-state index in [1.165, 1.54) is 13.2 Å². The van der Waals surface area contributed by atoms with Crippen LogP contribution in [0.4, 0.5) is 0 Å².